The summed E-state index contributed by atoms with van der Waals surface area (Å²) in [5.74, 6) is -3.05. The number of unbranched alkanes of at least 4 members (excludes halogenated alkanes) is 11. The molecule has 0 radical (unpaired) electrons. The fraction of sp³-hybridized carbons (Fsp3) is 0.741. The lowest BCUT2D eigenvalue weighted by Crippen LogP contribution is -2.34. The van der Waals surface area contributed by atoms with Gasteiger partial charge in [-0.2, -0.15) is 0 Å². The van der Waals surface area contributed by atoms with E-state index in [4.69, 9.17) is 9.47 Å². The molecule has 0 amide bonds. The van der Waals surface area contributed by atoms with Gasteiger partial charge in [0.1, 0.15) is 6.10 Å². The Morgan fingerprint density at radius 1 is 0.735 bits per heavy atom. The van der Waals surface area contributed by atoms with Gasteiger partial charge in [-0.05, 0) is 26.7 Å². The maximum Gasteiger partial charge on any atom is 0.333 e. The van der Waals surface area contributed by atoms with E-state index < -0.39 is 29.9 Å². The van der Waals surface area contributed by atoms with Crippen LogP contribution in [0.25, 0.3) is 0 Å². The van der Waals surface area contributed by atoms with Gasteiger partial charge < -0.3 is 14.6 Å². The maximum atomic E-state index is 12.0. The number of hydrogen-bond donors (Lipinski definition) is 1. The first-order valence-corrected chi connectivity index (χ1v) is 13.8. The quantitative estimate of drug-likeness (QED) is 0.0673. The maximum absolute atomic E-state index is 12.0. The first kappa shape index (κ1) is 32.4. The van der Waals surface area contributed by atoms with Crippen molar-refractivity contribution in [2.45, 2.75) is 110 Å². The Balaban J connectivity index is 4.35. The number of carboxylic acid groups (broad SMARTS) is 1. The molecule has 0 rings (SSSR count). The summed E-state index contributed by atoms with van der Waals surface area (Å²) >= 11 is 3.46. The Labute approximate surface area is 214 Å². The Morgan fingerprint density at radius 3 is 1.59 bits per heavy atom. The topological polar surface area (TPSA) is 89.9 Å². The molecule has 0 aromatic rings. The van der Waals surface area contributed by atoms with E-state index in [2.05, 4.69) is 29.1 Å². The number of carbonyl (C=O) groups excluding carboxylic acids is 2. The molecule has 0 bridgehead atoms. The Kier molecular flexibility index (Phi) is 19.7. The van der Waals surface area contributed by atoms with Gasteiger partial charge in [0.2, 0.25) is 0 Å². The number of halogens is 1. The SMILES string of the molecule is C=C(C)C(=O)OCCC(OC(=O)C(=C)C)C(CCCCCCCCCCCCCCBr)C(=O)O. The van der Waals surface area contributed by atoms with Gasteiger partial charge in [-0.1, -0.05) is 99.7 Å². The minimum absolute atomic E-state index is 0.0415. The molecule has 0 saturated carbocycles. The fourth-order valence-electron chi connectivity index (χ4n) is 3.67. The van der Waals surface area contributed by atoms with Crippen molar-refractivity contribution in [3.8, 4) is 0 Å². The largest absolute Gasteiger partial charge is 0.481 e. The van der Waals surface area contributed by atoms with Crippen LogP contribution in [0.15, 0.2) is 24.3 Å². The van der Waals surface area contributed by atoms with Gasteiger partial charge >= 0.3 is 17.9 Å². The molecular formula is C27H45BrO6. The average Bonchev–Trinajstić information content (AvgIpc) is 2.78. The Hall–Kier alpha value is -1.63. The summed E-state index contributed by atoms with van der Waals surface area (Å²) in [6, 6.07) is 0. The normalized spacial score (nSPS) is 12.6. The number of ether oxygens (including phenoxy) is 2. The molecule has 0 aliphatic carbocycles. The molecule has 0 aliphatic rings. The van der Waals surface area contributed by atoms with Gasteiger partial charge in [0.05, 0.1) is 12.5 Å². The first-order chi connectivity index (χ1) is 16.2. The highest BCUT2D eigenvalue weighted by molar-refractivity contribution is 9.09. The second-order valence-corrected chi connectivity index (χ2v) is 9.89. The predicted octanol–water partition coefficient (Wildman–Crippen LogP) is 7.15. The van der Waals surface area contributed by atoms with Crippen LogP contribution in [-0.2, 0) is 23.9 Å². The molecule has 1 N–H and O–H groups in total. The molecule has 0 aromatic heterocycles. The van der Waals surface area contributed by atoms with E-state index in [1.165, 1.54) is 65.2 Å². The summed E-state index contributed by atoms with van der Waals surface area (Å²) < 4.78 is 10.5. The summed E-state index contributed by atoms with van der Waals surface area (Å²) in [5, 5.41) is 10.8. The van der Waals surface area contributed by atoms with Gasteiger partial charge in [0, 0.05) is 22.9 Å². The second-order valence-electron chi connectivity index (χ2n) is 9.09. The van der Waals surface area contributed by atoms with Gasteiger partial charge in [0.15, 0.2) is 0 Å². The van der Waals surface area contributed by atoms with E-state index in [0.29, 0.717) is 6.42 Å². The molecule has 0 heterocycles. The van der Waals surface area contributed by atoms with Crippen LogP contribution in [0.1, 0.15) is 104 Å². The first-order valence-electron chi connectivity index (χ1n) is 12.7. The monoisotopic (exact) mass is 544 g/mol. The summed E-state index contributed by atoms with van der Waals surface area (Å²) in [6.45, 7) is 10.1. The van der Waals surface area contributed by atoms with Gasteiger partial charge in [-0.15, -0.1) is 0 Å². The van der Waals surface area contributed by atoms with Crippen LogP contribution >= 0.6 is 15.9 Å². The third-order valence-electron chi connectivity index (χ3n) is 5.76. The highest BCUT2D eigenvalue weighted by Gasteiger charge is 2.31. The lowest BCUT2D eigenvalue weighted by molar-refractivity contribution is -0.157. The van der Waals surface area contributed by atoms with Crippen molar-refractivity contribution in [2.24, 2.45) is 5.92 Å². The van der Waals surface area contributed by atoms with Gasteiger partial charge in [-0.3, -0.25) is 4.79 Å². The van der Waals surface area contributed by atoms with Crippen molar-refractivity contribution in [1.82, 2.24) is 0 Å². The Bertz CT molecular complexity index is 631. The van der Waals surface area contributed by atoms with Crippen molar-refractivity contribution < 1.29 is 29.0 Å². The predicted molar refractivity (Wildman–Crippen MR) is 140 cm³/mol. The van der Waals surface area contributed by atoms with Crippen molar-refractivity contribution >= 4 is 33.8 Å². The summed E-state index contributed by atoms with van der Waals surface area (Å²) in [4.78, 5) is 35.6. The van der Waals surface area contributed by atoms with Gasteiger partial charge in [0.25, 0.3) is 0 Å². The highest BCUT2D eigenvalue weighted by Crippen LogP contribution is 2.22. The minimum Gasteiger partial charge on any atom is -0.481 e. The molecule has 2 atom stereocenters. The number of hydrogen-bond acceptors (Lipinski definition) is 5. The van der Waals surface area contributed by atoms with Gasteiger partial charge in [-0.25, -0.2) is 9.59 Å². The molecule has 0 fully saturated rings. The summed E-state index contributed by atoms with van der Waals surface area (Å²) in [7, 11) is 0. The van der Waals surface area contributed by atoms with Crippen LogP contribution < -0.4 is 0 Å². The average molecular weight is 546 g/mol. The minimum atomic E-state index is -1.01. The van der Waals surface area contributed by atoms with E-state index in [0.717, 1.165) is 31.0 Å². The number of rotatable bonds is 22. The van der Waals surface area contributed by atoms with E-state index in [1.807, 2.05) is 0 Å². The highest BCUT2D eigenvalue weighted by atomic mass is 79.9. The molecule has 196 valence electrons. The van der Waals surface area contributed by atoms with Crippen molar-refractivity contribution in [1.29, 1.82) is 0 Å². The number of esters is 2. The third kappa shape index (κ3) is 16.9. The third-order valence-corrected chi connectivity index (χ3v) is 6.32. The van der Waals surface area contributed by atoms with E-state index in [-0.39, 0.29) is 24.2 Å². The van der Waals surface area contributed by atoms with E-state index in [9.17, 15) is 19.5 Å². The zero-order chi connectivity index (χ0) is 25.8. The van der Waals surface area contributed by atoms with Crippen molar-refractivity contribution in [2.75, 3.05) is 11.9 Å². The molecule has 6 nitrogen and oxygen atoms in total. The van der Waals surface area contributed by atoms with Crippen LogP contribution in [0, 0.1) is 5.92 Å². The van der Waals surface area contributed by atoms with E-state index in [1.54, 1.807) is 0 Å². The smallest absolute Gasteiger partial charge is 0.333 e. The lowest BCUT2D eigenvalue weighted by atomic mass is 9.93. The molecule has 0 spiro atoms. The van der Waals surface area contributed by atoms with Crippen molar-refractivity contribution in [3.05, 3.63) is 24.3 Å². The Morgan fingerprint density at radius 2 is 1.18 bits per heavy atom. The fourth-order valence-corrected chi connectivity index (χ4v) is 4.06. The number of carboxylic acids is 1. The van der Waals surface area contributed by atoms with Crippen LogP contribution in [0.4, 0.5) is 0 Å². The molecule has 0 aromatic carbocycles. The van der Waals surface area contributed by atoms with Crippen LogP contribution in [0.2, 0.25) is 0 Å². The van der Waals surface area contributed by atoms with Crippen molar-refractivity contribution in [3.63, 3.8) is 0 Å². The molecule has 0 aliphatic heterocycles. The van der Waals surface area contributed by atoms with Crippen LogP contribution in [0.3, 0.4) is 0 Å². The second kappa shape index (κ2) is 20.7. The zero-order valence-corrected chi connectivity index (χ0v) is 22.8. The zero-order valence-electron chi connectivity index (χ0n) is 21.2. The number of aliphatic carboxylic acids is 1. The van der Waals surface area contributed by atoms with Crippen LogP contribution in [0.5, 0.6) is 0 Å². The summed E-state index contributed by atoms with van der Waals surface area (Å²) in [5.41, 5.74) is 0.461. The van der Waals surface area contributed by atoms with Crippen LogP contribution in [-0.4, -0.2) is 41.1 Å². The standard InChI is InChI=1S/C27H45BrO6/c1-21(2)26(31)33-20-18-24(34-27(32)22(3)4)23(25(29)30)17-15-13-11-9-7-5-6-8-10-12-14-16-19-28/h23-24H,1,3,5-20H2,2,4H3,(H,29,30). The molecular weight excluding hydrogens is 500 g/mol. The number of alkyl halides is 1. The molecule has 7 heteroatoms. The molecule has 34 heavy (non-hydrogen) atoms. The lowest BCUT2D eigenvalue weighted by Gasteiger charge is -2.24. The summed E-state index contributed by atoms with van der Waals surface area (Å²) in [6.07, 6.45) is 13.9. The van der Waals surface area contributed by atoms with E-state index >= 15 is 0 Å². The number of carbonyl (C=O) groups is 3. The molecule has 0 saturated heterocycles. The molecule has 2 unspecified atom stereocenters.